The van der Waals surface area contributed by atoms with E-state index >= 15 is 0 Å². The molecule has 1 aliphatic heterocycles. The van der Waals surface area contributed by atoms with Gasteiger partial charge in [0.25, 0.3) is 0 Å². The minimum atomic E-state index is -0.114. The van der Waals surface area contributed by atoms with Gasteiger partial charge in [-0.15, -0.1) is 10.2 Å². The van der Waals surface area contributed by atoms with Crippen molar-refractivity contribution in [3.05, 3.63) is 83.8 Å². The molecule has 0 unspecified atom stereocenters. The summed E-state index contributed by atoms with van der Waals surface area (Å²) in [5.41, 5.74) is 4.89. The molecular formula is C23H23N7O. The van der Waals surface area contributed by atoms with Gasteiger partial charge < -0.3 is 14.8 Å². The van der Waals surface area contributed by atoms with Crippen molar-refractivity contribution in [2.24, 2.45) is 7.05 Å². The number of para-hydroxylation sites is 1. The van der Waals surface area contributed by atoms with Crippen LogP contribution in [0.15, 0.2) is 67.0 Å². The summed E-state index contributed by atoms with van der Waals surface area (Å²) in [6.07, 6.45) is 2.47. The third kappa shape index (κ3) is 3.79. The van der Waals surface area contributed by atoms with Crippen LogP contribution in [-0.4, -0.2) is 42.0 Å². The minimum Gasteiger partial charge on any atom is -0.320 e. The maximum Gasteiger partial charge on any atom is 0.322 e. The molecule has 0 radical (unpaired) electrons. The molecule has 3 heterocycles. The Morgan fingerprint density at radius 1 is 1.06 bits per heavy atom. The second-order valence-electron chi connectivity index (χ2n) is 7.63. The molecule has 1 aliphatic rings. The van der Waals surface area contributed by atoms with E-state index in [1.807, 2.05) is 69.7 Å². The number of urea groups is 1. The maximum atomic E-state index is 12.8. The second kappa shape index (κ2) is 8.06. The number of fused-ring (bicyclic) bond motifs is 1. The summed E-state index contributed by atoms with van der Waals surface area (Å²) in [4.78, 5) is 14.7. The first-order valence-electron chi connectivity index (χ1n) is 10.3. The van der Waals surface area contributed by atoms with Gasteiger partial charge in [-0.1, -0.05) is 48.5 Å². The molecule has 2 aromatic heterocycles. The molecule has 4 aromatic rings. The number of aryl methyl sites for hydroxylation is 1. The molecular weight excluding hydrogens is 390 g/mol. The highest BCUT2D eigenvalue weighted by atomic mass is 16.2. The number of hydrogen-bond acceptors (Lipinski definition) is 4. The number of anilines is 1. The lowest BCUT2D eigenvalue weighted by Gasteiger charge is -2.27. The molecule has 0 spiro atoms. The summed E-state index contributed by atoms with van der Waals surface area (Å²) in [7, 11) is 1.94. The zero-order valence-corrected chi connectivity index (χ0v) is 17.3. The van der Waals surface area contributed by atoms with Crippen molar-refractivity contribution in [3.8, 4) is 11.5 Å². The van der Waals surface area contributed by atoms with Crippen LogP contribution in [0.3, 0.4) is 0 Å². The lowest BCUT2D eigenvalue weighted by molar-refractivity contribution is 0.206. The summed E-state index contributed by atoms with van der Waals surface area (Å²) in [5, 5.41) is 16.2. The molecule has 0 fully saturated rings. The number of nitrogens with one attached hydrogen (secondary N) is 1. The van der Waals surface area contributed by atoms with E-state index < -0.39 is 0 Å². The van der Waals surface area contributed by atoms with Gasteiger partial charge in [0.2, 0.25) is 0 Å². The SMILES string of the molecule is Cn1nc(-c2nncn2Cc2ccccc2)c2c1CCN(C(=O)Nc1ccccc1)C2. The smallest absolute Gasteiger partial charge is 0.320 e. The third-order valence-electron chi connectivity index (χ3n) is 5.58. The first-order valence-corrected chi connectivity index (χ1v) is 10.3. The van der Waals surface area contributed by atoms with Gasteiger partial charge in [-0.05, 0) is 17.7 Å². The van der Waals surface area contributed by atoms with Crippen molar-refractivity contribution in [2.45, 2.75) is 19.5 Å². The molecule has 0 bridgehead atoms. The van der Waals surface area contributed by atoms with Crippen LogP contribution >= 0.6 is 0 Å². The van der Waals surface area contributed by atoms with E-state index in [-0.39, 0.29) is 6.03 Å². The largest absolute Gasteiger partial charge is 0.322 e. The highest BCUT2D eigenvalue weighted by molar-refractivity contribution is 5.89. The molecule has 2 amide bonds. The molecule has 0 aliphatic carbocycles. The van der Waals surface area contributed by atoms with E-state index in [2.05, 4.69) is 27.6 Å². The van der Waals surface area contributed by atoms with Gasteiger partial charge in [0, 0.05) is 37.0 Å². The van der Waals surface area contributed by atoms with Crippen LogP contribution < -0.4 is 5.32 Å². The van der Waals surface area contributed by atoms with Gasteiger partial charge in [-0.25, -0.2) is 4.79 Å². The van der Waals surface area contributed by atoms with Crippen LogP contribution in [0.2, 0.25) is 0 Å². The molecule has 0 saturated carbocycles. The third-order valence-corrected chi connectivity index (χ3v) is 5.58. The standard InChI is InChI=1S/C23H23N7O/c1-28-20-12-13-29(23(31)25-18-10-6-3-7-11-18)15-19(20)21(27-28)22-26-24-16-30(22)14-17-8-4-2-5-9-17/h2-11,16H,12-15H2,1H3,(H,25,31). The Balaban J connectivity index is 1.42. The molecule has 8 nitrogen and oxygen atoms in total. The topological polar surface area (TPSA) is 80.9 Å². The van der Waals surface area contributed by atoms with Gasteiger partial charge in [0.15, 0.2) is 5.82 Å². The molecule has 0 saturated heterocycles. The lowest BCUT2D eigenvalue weighted by atomic mass is 10.0. The second-order valence-corrected chi connectivity index (χ2v) is 7.63. The lowest BCUT2D eigenvalue weighted by Crippen LogP contribution is -2.39. The average molecular weight is 413 g/mol. The fourth-order valence-corrected chi connectivity index (χ4v) is 4.00. The van der Waals surface area contributed by atoms with Crippen molar-refractivity contribution in [3.63, 3.8) is 0 Å². The Bertz CT molecular complexity index is 1200. The zero-order chi connectivity index (χ0) is 21.2. The van der Waals surface area contributed by atoms with Crippen molar-refractivity contribution < 1.29 is 4.79 Å². The molecule has 5 rings (SSSR count). The quantitative estimate of drug-likeness (QED) is 0.557. The first kappa shape index (κ1) is 19.0. The molecule has 0 atom stereocenters. The molecule has 156 valence electrons. The molecule has 8 heteroatoms. The van der Waals surface area contributed by atoms with Gasteiger partial charge in [-0.3, -0.25) is 4.68 Å². The van der Waals surface area contributed by atoms with Gasteiger partial charge in [0.1, 0.15) is 12.0 Å². The summed E-state index contributed by atoms with van der Waals surface area (Å²) >= 11 is 0. The predicted molar refractivity (Wildman–Crippen MR) is 117 cm³/mol. The number of benzene rings is 2. The fraction of sp³-hybridized carbons (Fsp3) is 0.217. The van der Waals surface area contributed by atoms with E-state index in [4.69, 9.17) is 5.10 Å². The Kier molecular flexibility index (Phi) is 4.95. The number of carbonyl (C=O) groups excluding carboxylic acids is 1. The first-order chi connectivity index (χ1) is 15.2. The van der Waals surface area contributed by atoms with Crippen molar-refractivity contribution in [1.29, 1.82) is 0 Å². The van der Waals surface area contributed by atoms with Gasteiger partial charge >= 0.3 is 6.03 Å². The Morgan fingerprint density at radius 3 is 2.58 bits per heavy atom. The number of carbonyl (C=O) groups is 1. The summed E-state index contributed by atoms with van der Waals surface area (Å²) < 4.78 is 3.90. The van der Waals surface area contributed by atoms with Crippen LogP contribution in [0.25, 0.3) is 11.5 Å². The maximum absolute atomic E-state index is 12.8. The Morgan fingerprint density at radius 2 is 1.81 bits per heavy atom. The highest BCUT2D eigenvalue weighted by Crippen LogP contribution is 2.29. The predicted octanol–water partition coefficient (Wildman–Crippen LogP) is 3.32. The van der Waals surface area contributed by atoms with Crippen molar-refractivity contribution >= 4 is 11.7 Å². The number of amides is 2. The number of rotatable bonds is 4. The Hall–Kier alpha value is -3.94. The van der Waals surface area contributed by atoms with Gasteiger partial charge in [0.05, 0.1) is 13.1 Å². The van der Waals surface area contributed by atoms with Crippen molar-refractivity contribution in [2.75, 3.05) is 11.9 Å². The summed E-state index contributed by atoms with van der Waals surface area (Å²) in [6, 6.07) is 19.6. The number of nitrogens with zero attached hydrogens (tertiary/aromatic N) is 6. The number of aromatic nitrogens is 5. The van der Waals surface area contributed by atoms with Crippen LogP contribution in [0.4, 0.5) is 10.5 Å². The van der Waals surface area contributed by atoms with E-state index in [9.17, 15) is 4.79 Å². The Labute approximate surface area is 180 Å². The zero-order valence-electron chi connectivity index (χ0n) is 17.3. The van der Waals surface area contributed by atoms with E-state index in [1.54, 1.807) is 6.33 Å². The average Bonchev–Trinajstić information content (AvgIpc) is 3.38. The monoisotopic (exact) mass is 413 g/mol. The molecule has 2 aromatic carbocycles. The molecule has 1 N–H and O–H groups in total. The normalized spacial score (nSPS) is 13.1. The van der Waals surface area contributed by atoms with E-state index in [1.165, 1.54) is 0 Å². The van der Waals surface area contributed by atoms with E-state index in [0.717, 1.165) is 34.6 Å². The van der Waals surface area contributed by atoms with Crippen LogP contribution in [0.5, 0.6) is 0 Å². The van der Waals surface area contributed by atoms with Gasteiger partial charge in [-0.2, -0.15) is 5.10 Å². The number of hydrogen-bond donors (Lipinski definition) is 1. The van der Waals surface area contributed by atoms with Crippen LogP contribution in [0, 0.1) is 0 Å². The minimum absolute atomic E-state index is 0.114. The molecule has 31 heavy (non-hydrogen) atoms. The fourth-order valence-electron chi connectivity index (χ4n) is 4.00. The summed E-state index contributed by atoms with van der Waals surface area (Å²) in [5.74, 6) is 0.714. The van der Waals surface area contributed by atoms with Crippen LogP contribution in [0.1, 0.15) is 16.8 Å². The summed E-state index contributed by atoms with van der Waals surface area (Å²) in [6.45, 7) is 1.78. The van der Waals surface area contributed by atoms with Crippen molar-refractivity contribution in [1.82, 2.24) is 29.4 Å². The van der Waals surface area contributed by atoms with E-state index in [0.29, 0.717) is 25.5 Å². The highest BCUT2D eigenvalue weighted by Gasteiger charge is 2.29. The van der Waals surface area contributed by atoms with Crippen LogP contribution in [-0.2, 0) is 26.6 Å².